The molecule has 1 aromatic heterocycles. The molecule has 0 aliphatic heterocycles. The van der Waals surface area contributed by atoms with E-state index in [4.69, 9.17) is 0 Å². The van der Waals surface area contributed by atoms with Gasteiger partial charge >= 0.3 is 5.97 Å². The van der Waals surface area contributed by atoms with E-state index in [-0.39, 0.29) is 35.4 Å². The van der Waals surface area contributed by atoms with Crippen molar-refractivity contribution in [3.63, 3.8) is 0 Å². The van der Waals surface area contributed by atoms with E-state index in [1.165, 1.54) is 12.7 Å². The third-order valence-electron chi connectivity index (χ3n) is 11.9. The number of aromatic nitrogens is 2. The maximum atomic E-state index is 12.7. The lowest BCUT2D eigenvalue weighted by molar-refractivity contribution is -0.174. The molecule has 1 aromatic rings. The summed E-state index contributed by atoms with van der Waals surface area (Å²) in [6.07, 6.45) is 12.1. The van der Waals surface area contributed by atoms with Crippen molar-refractivity contribution >= 4 is 11.9 Å². The molecular formula is C30H47N3O5. The Bertz CT molecular complexity index is 1000. The smallest absolute Gasteiger partial charge is 0.326 e. The molecule has 4 fully saturated rings. The highest BCUT2D eigenvalue weighted by Crippen LogP contribution is 2.68. The largest absolute Gasteiger partial charge is 0.480 e. The van der Waals surface area contributed by atoms with Gasteiger partial charge < -0.3 is 25.6 Å². The van der Waals surface area contributed by atoms with Crippen molar-refractivity contribution in [2.45, 2.75) is 110 Å². The van der Waals surface area contributed by atoms with E-state index in [2.05, 4.69) is 36.1 Å². The Morgan fingerprint density at radius 2 is 1.84 bits per heavy atom. The number of hydrogen-bond donors (Lipinski definition) is 5. The van der Waals surface area contributed by atoms with Crippen molar-refractivity contribution in [3.8, 4) is 0 Å². The summed E-state index contributed by atoms with van der Waals surface area (Å²) in [5, 5.41) is 34.0. The van der Waals surface area contributed by atoms with Crippen molar-refractivity contribution in [2.75, 3.05) is 0 Å². The van der Waals surface area contributed by atoms with Gasteiger partial charge in [-0.3, -0.25) is 4.79 Å². The lowest BCUT2D eigenvalue weighted by atomic mass is 9.43. The maximum Gasteiger partial charge on any atom is 0.326 e. The number of nitrogens with zero attached hydrogens (tertiary/aromatic N) is 1. The number of imidazole rings is 1. The first-order valence-electron chi connectivity index (χ1n) is 14.9. The number of carboxylic acid groups (broad SMARTS) is 1. The van der Waals surface area contributed by atoms with Gasteiger partial charge in [0.05, 0.1) is 18.5 Å². The van der Waals surface area contributed by atoms with Crippen LogP contribution in [0.25, 0.3) is 0 Å². The van der Waals surface area contributed by atoms with E-state index in [1.807, 2.05) is 0 Å². The van der Waals surface area contributed by atoms with Crippen LogP contribution in [0.3, 0.4) is 0 Å². The van der Waals surface area contributed by atoms with Crippen molar-refractivity contribution in [3.05, 3.63) is 18.2 Å². The highest BCUT2D eigenvalue weighted by atomic mass is 16.4. The molecule has 212 valence electrons. The Balaban J connectivity index is 1.21. The zero-order valence-corrected chi connectivity index (χ0v) is 23.2. The number of amides is 1. The number of rotatable bonds is 8. The Morgan fingerprint density at radius 3 is 2.55 bits per heavy atom. The Hall–Kier alpha value is -1.93. The average molecular weight is 530 g/mol. The molecule has 0 radical (unpaired) electrons. The summed E-state index contributed by atoms with van der Waals surface area (Å²) in [5.41, 5.74) is 1.07. The molecule has 8 heteroatoms. The van der Waals surface area contributed by atoms with Crippen LogP contribution in [-0.2, 0) is 16.0 Å². The van der Waals surface area contributed by atoms with Crippen LogP contribution in [0.4, 0.5) is 0 Å². The number of aliphatic carboxylic acids is 1. The Morgan fingerprint density at radius 1 is 1.11 bits per heavy atom. The zero-order valence-electron chi connectivity index (χ0n) is 23.2. The number of aromatic amines is 1. The summed E-state index contributed by atoms with van der Waals surface area (Å²) < 4.78 is 0. The van der Waals surface area contributed by atoms with Crippen LogP contribution in [0.2, 0.25) is 0 Å². The topological polar surface area (TPSA) is 136 Å². The van der Waals surface area contributed by atoms with Crippen LogP contribution in [0.5, 0.6) is 0 Å². The summed E-state index contributed by atoms with van der Waals surface area (Å²) in [5.74, 6) is 1.41. The molecule has 0 bridgehead atoms. The third-order valence-corrected chi connectivity index (χ3v) is 11.9. The molecule has 4 aliphatic rings. The fourth-order valence-electron chi connectivity index (χ4n) is 9.82. The van der Waals surface area contributed by atoms with Crippen molar-refractivity contribution in [1.82, 2.24) is 15.3 Å². The molecule has 5 rings (SSSR count). The number of hydrogen-bond acceptors (Lipinski definition) is 5. The van der Waals surface area contributed by atoms with Gasteiger partial charge in [-0.2, -0.15) is 0 Å². The van der Waals surface area contributed by atoms with Gasteiger partial charge in [0.1, 0.15) is 6.04 Å². The number of carboxylic acids is 1. The minimum atomic E-state index is -1.04. The monoisotopic (exact) mass is 529 g/mol. The summed E-state index contributed by atoms with van der Waals surface area (Å²) in [7, 11) is 0. The van der Waals surface area contributed by atoms with E-state index in [0.717, 1.165) is 51.4 Å². The predicted octanol–water partition coefficient (Wildman–Crippen LogP) is 3.93. The average Bonchev–Trinajstić information content (AvgIpc) is 3.50. The van der Waals surface area contributed by atoms with Gasteiger partial charge in [0.2, 0.25) is 5.91 Å². The molecule has 1 amide bonds. The second-order valence-electron chi connectivity index (χ2n) is 13.7. The van der Waals surface area contributed by atoms with Gasteiger partial charge in [0, 0.05) is 24.7 Å². The first-order chi connectivity index (χ1) is 18.0. The maximum absolute atomic E-state index is 12.7. The molecule has 4 aliphatic carbocycles. The fourth-order valence-corrected chi connectivity index (χ4v) is 9.82. The molecular weight excluding hydrogens is 482 g/mol. The normalized spacial score (nSPS) is 41.9. The lowest BCUT2D eigenvalue weighted by Gasteiger charge is -2.62. The lowest BCUT2D eigenvalue weighted by Crippen LogP contribution is -2.58. The van der Waals surface area contributed by atoms with Crippen molar-refractivity contribution < 1.29 is 24.9 Å². The molecule has 0 saturated heterocycles. The van der Waals surface area contributed by atoms with E-state index >= 15 is 0 Å². The first-order valence-corrected chi connectivity index (χ1v) is 14.9. The van der Waals surface area contributed by atoms with Crippen LogP contribution in [-0.4, -0.2) is 55.4 Å². The van der Waals surface area contributed by atoms with Crippen LogP contribution in [0.1, 0.15) is 90.7 Å². The minimum absolute atomic E-state index is 0.166. The summed E-state index contributed by atoms with van der Waals surface area (Å²) >= 11 is 0. The third kappa shape index (κ3) is 4.91. The van der Waals surface area contributed by atoms with E-state index in [0.29, 0.717) is 47.6 Å². The van der Waals surface area contributed by atoms with Crippen molar-refractivity contribution in [1.29, 1.82) is 0 Å². The predicted molar refractivity (Wildman–Crippen MR) is 143 cm³/mol. The highest BCUT2D eigenvalue weighted by Gasteiger charge is 2.62. The quantitative estimate of drug-likeness (QED) is 0.346. The number of carbonyl (C=O) groups is 2. The number of aliphatic hydroxyl groups excluding tert-OH is 2. The number of nitrogens with one attached hydrogen (secondary N) is 2. The summed E-state index contributed by atoms with van der Waals surface area (Å²) in [4.78, 5) is 31.3. The van der Waals surface area contributed by atoms with Crippen LogP contribution < -0.4 is 5.32 Å². The molecule has 0 aromatic carbocycles. The van der Waals surface area contributed by atoms with Gasteiger partial charge in [0.25, 0.3) is 0 Å². The molecule has 1 heterocycles. The van der Waals surface area contributed by atoms with E-state index in [1.54, 1.807) is 6.20 Å². The van der Waals surface area contributed by atoms with Gasteiger partial charge in [0.15, 0.2) is 0 Å². The molecule has 5 N–H and O–H groups in total. The van der Waals surface area contributed by atoms with Gasteiger partial charge in [-0.05, 0) is 104 Å². The number of aliphatic hydroxyl groups is 2. The number of fused-ring (bicyclic) bond motifs is 5. The van der Waals surface area contributed by atoms with Gasteiger partial charge in [-0.1, -0.05) is 20.8 Å². The number of carbonyl (C=O) groups excluding carboxylic acids is 1. The second kappa shape index (κ2) is 10.6. The molecule has 8 nitrogen and oxygen atoms in total. The Kier molecular flexibility index (Phi) is 7.68. The van der Waals surface area contributed by atoms with Crippen LogP contribution in [0.15, 0.2) is 12.5 Å². The summed E-state index contributed by atoms with van der Waals surface area (Å²) in [6.45, 7) is 7.15. The number of H-pyrrole nitrogens is 1. The molecule has 4 saturated carbocycles. The van der Waals surface area contributed by atoms with Crippen LogP contribution >= 0.6 is 0 Å². The van der Waals surface area contributed by atoms with Gasteiger partial charge in [-0.25, -0.2) is 9.78 Å². The Labute approximate surface area is 226 Å². The molecule has 38 heavy (non-hydrogen) atoms. The molecule has 0 unspecified atom stereocenters. The van der Waals surface area contributed by atoms with Gasteiger partial charge in [-0.15, -0.1) is 0 Å². The van der Waals surface area contributed by atoms with Crippen molar-refractivity contribution in [2.24, 2.45) is 46.3 Å². The zero-order chi connectivity index (χ0) is 27.2. The second-order valence-corrected chi connectivity index (χ2v) is 13.7. The molecule has 11 atom stereocenters. The van der Waals surface area contributed by atoms with Crippen LogP contribution in [0, 0.1) is 46.3 Å². The fraction of sp³-hybridized carbons (Fsp3) is 0.833. The molecule has 0 spiro atoms. The minimum Gasteiger partial charge on any atom is -0.480 e. The standard InChI is InChI=1S/C30H47N3O5/c1-17(4-7-26(36)33-24(28(37)38)14-19-15-31-16-32-19)21-5-6-22-27-23(9-11-30(21,22)3)29(2)10-8-20(34)12-18(29)13-25(27)35/h15-18,20-25,27,34-35H,4-14H2,1-3H3,(H,31,32)(H,33,36)(H,37,38)/t17-,18+,20-,21-,22+,23+,24+,25+,27+,29+,30-/m1/s1. The van der Waals surface area contributed by atoms with E-state index < -0.39 is 12.0 Å². The summed E-state index contributed by atoms with van der Waals surface area (Å²) in [6, 6.07) is -0.971. The van der Waals surface area contributed by atoms with E-state index in [9.17, 15) is 24.9 Å². The highest BCUT2D eigenvalue weighted by molar-refractivity contribution is 5.83. The SMILES string of the molecule is C[C@H](CCC(=O)N[C@@H](Cc1cnc[nH]1)C(=O)O)[C@H]1CC[C@H]2[C@@H]3[C@@H](O)C[C@@H]4C[C@H](O)CC[C@]4(C)[C@H]3CC[C@]12C. The first kappa shape index (κ1) is 27.6.